The maximum Gasteiger partial charge on any atom is 0.405 e. The van der Waals surface area contributed by atoms with Crippen LogP contribution in [0.15, 0.2) is 36.5 Å². The first-order valence-electron chi connectivity index (χ1n) is 9.44. The van der Waals surface area contributed by atoms with Crippen LogP contribution in [0.1, 0.15) is 23.3 Å². The van der Waals surface area contributed by atoms with Crippen molar-refractivity contribution in [1.29, 1.82) is 0 Å². The van der Waals surface area contributed by atoms with Crippen molar-refractivity contribution in [3.05, 3.63) is 42.2 Å². The maximum absolute atomic E-state index is 13.0. The summed E-state index contributed by atoms with van der Waals surface area (Å²) in [6.45, 7) is -0.0618. The molecule has 0 saturated carbocycles. The minimum atomic E-state index is -4.53. The van der Waals surface area contributed by atoms with E-state index in [1.165, 1.54) is 11.0 Å². The molecule has 0 radical (unpaired) electrons. The minimum absolute atomic E-state index is 0.170. The van der Waals surface area contributed by atoms with Gasteiger partial charge in [0, 0.05) is 19.3 Å². The SMILES string of the molecule is O=C(NCC(F)(F)F)c1ccc2c(n1)N(C(=O)Nc1ccccn1)C1CCCN2C1. The van der Waals surface area contributed by atoms with E-state index in [1.54, 1.807) is 30.5 Å². The molecule has 4 heterocycles. The molecule has 2 aliphatic heterocycles. The number of anilines is 3. The number of amides is 3. The number of carbonyl (C=O) groups excluding carboxylic acids is 2. The van der Waals surface area contributed by atoms with E-state index in [4.69, 9.17) is 0 Å². The lowest BCUT2D eigenvalue weighted by Crippen LogP contribution is -2.56. The standard InChI is InChI=1S/C19H19F3N6O2/c20-19(21,22)11-24-17(29)13-6-7-14-16(25-13)28(12-4-3-9-27(14)10-12)18(30)26-15-5-1-2-8-23-15/h1-2,5-8,12H,3-4,9-11H2,(H,24,29)(H,23,26,30). The number of urea groups is 1. The Morgan fingerprint density at radius 1 is 1.20 bits per heavy atom. The quantitative estimate of drug-likeness (QED) is 0.797. The molecule has 3 amide bonds. The van der Waals surface area contributed by atoms with Gasteiger partial charge in [0.25, 0.3) is 5.91 Å². The molecule has 1 atom stereocenters. The molecule has 1 saturated heterocycles. The Balaban J connectivity index is 1.64. The largest absolute Gasteiger partial charge is 0.405 e. The smallest absolute Gasteiger partial charge is 0.366 e. The van der Waals surface area contributed by atoms with E-state index in [-0.39, 0.29) is 17.6 Å². The van der Waals surface area contributed by atoms with Crippen molar-refractivity contribution in [1.82, 2.24) is 15.3 Å². The zero-order valence-corrected chi connectivity index (χ0v) is 15.8. The van der Waals surface area contributed by atoms with Crippen LogP contribution >= 0.6 is 0 Å². The lowest BCUT2D eigenvalue weighted by Gasteiger charge is -2.45. The van der Waals surface area contributed by atoms with Gasteiger partial charge in [-0.3, -0.25) is 15.0 Å². The number of alkyl halides is 3. The van der Waals surface area contributed by atoms with Crippen LogP contribution in [0.2, 0.25) is 0 Å². The predicted octanol–water partition coefficient (Wildman–Crippen LogP) is 2.79. The Labute approximate surface area is 170 Å². The van der Waals surface area contributed by atoms with Crippen molar-refractivity contribution in [3.63, 3.8) is 0 Å². The normalized spacial score (nSPS) is 17.9. The number of fused-ring (bicyclic) bond motifs is 4. The summed E-state index contributed by atoms with van der Waals surface area (Å²) in [5, 5.41) is 4.53. The number of hydrogen-bond donors (Lipinski definition) is 2. The molecule has 2 aliphatic rings. The summed E-state index contributed by atoms with van der Waals surface area (Å²) in [4.78, 5) is 37.1. The van der Waals surface area contributed by atoms with E-state index in [0.29, 0.717) is 18.1 Å². The summed E-state index contributed by atoms with van der Waals surface area (Å²) in [6, 6.07) is 7.46. The van der Waals surface area contributed by atoms with Crippen LogP contribution in [0.25, 0.3) is 0 Å². The number of hydrogen-bond acceptors (Lipinski definition) is 5. The van der Waals surface area contributed by atoms with Crippen LogP contribution in [0.4, 0.5) is 35.3 Å². The van der Waals surface area contributed by atoms with E-state index >= 15 is 0 Å². The van der Waals surface area contributed by atoms with Crippen molar-refractivity contribution in [2.45, 2.75) is 25.1 Å². The molecule has 8 nitrogen and oxygen atoms in total. The summed E-state index contributed by atoms with van der Waals surface area (Å²) >= 11 is 0. The Morgan fingerprint density at radius 2 is 2.03 bits per heavy atom. The Kier molecular flexibility index (Phi) is 5.18. The molecule has 1 unspecified atom stereocenters. The molecule has 0 aromatic carbocycles. The third-order valence-electron chi connectivity index (χ3n) is 4.99. The van der Waals surface area contributed by atoms with Gasteiger partial charge in [-0.25, -0.2) is 14.8 Å². The van der Waals surface area contributed by atoms with Crippen LogP contribution in [0.3, 0.4) is 0 Å². The number of piperidine rings is 1. The van der Waals surface area contributed by atoms with E-state index in [9.17, 15) is 22.8 Å². The molecule has 0 aliphatic carbocycles. The molecular formula is C19H19F3N6O2. The van der Waals surface area contributed by atoms with Gasteiger partial charge in [0.2, 0.25) is 0 Å². The lowest BCUT2D eigenvalue weighted by atomic mass is 10.00. The van der Waals surface area contributed by atoms with Gasteiger partial charge in [-0.15, -0.1) is 0 Å². The van der Waals surface area contributed by atoms with E-state index < -0.39 is 24.7 Å². The molecule has 1 fully saturated rings. The molecule has 0 spiro atoms. The molecule has 4 rings (SSSR count). The number of carbonyl (C=O) groups is 2. The Morgan fingerprint density at radius 3 is 2.77 bits per heavy atom. The fraction of sp³-hybridized carbons (Fsp3) is 0.368. The summed E-state index contributed by atoms with van der Waals surface area (Å²) < 4.78 is 37.3. The van der Waals surface area contributed by atoms with Gasteiger partial charge in [-0.1, -0.05) is 6.07 Å². The van der Waals surface area contributed by atoms with Crippen molar-refractivity contribution >= 4 is 29.3 Å². The molecule has 2 aromatic rings. The molecule has 11 heteroatoms. The first-order valence-corrected chi connectivity index (χ1v) is 9.44. The molecular weight excluding hydrogens is 401 g/mol. The van der Waals surface area contributed by atoms with E-state index in [0.717, 1.165) is 19.4 Å². The lowest BCUT2D eigenvalue weighted by molar-refractivity contribution is -0.123. The number of nitrogens with one attached hydrogen (secondary N) is 2. The number of rotatable bonds is 3. The average molecular weight is 420 g/mol. The molecule has 2 aromatic heterocycles. The topological polar surface area (TPSA) is 90.5 Å². The van der Waals surface area contributed by atoms with Gasteiger partial charge in [0.1, 0.15) is 18.1 Å². The van der Waals surface area contributed by atoms with Crippen molar-refractivity contribution in [2.24, 2.45) is 0 Å². The molecule has 158 valence electrons. The molecule has 30 heavy (non-hydrogen) atoms. The molecule has 2 N–H and O–H groups in total. The van der Waals surface area contributed by atoms with E-state index in [2.05, 4.69) is 20.2 Å². The van der Waals surface area contributed by atoms with Crippen molar-refractivity contribution in [3.8, 4) is 0 Å². The first-order chi connectivity index (χ1) is 14.3. The zero-order chi connectivity index (χ0) is 21.3. The monoisotopic (exact) mass is 420 g/mol. The van der Waals surface area contributed by atoms with Crippen LogP contribution in [-0.2, 0) is 0 Å². The summed E-state index contributed by atoms with van der Waals surface area (Å²) in [7, 11) is 0. The van der Waals surface area contributed by atoms with Crippen LogP contribution in [0, 0.1) is 0 Å². The van der Waals surface area contributed by atoms with Gasteiger partial charge in [0.05, 0.1) is 11.7 Å². The van der Waals surface area contributed by atoms with Crippen LogP contribution < -0.4 is 20.4 Å². The predicted molar refractivity (Wildman–Crippen MR) is 104 cm³/mol. The van der Waals surface area contributed by atoms with Gasteiger partial charge in [-0.05, 0) is 37.1 Å². The van der Waals surface area contributed by atoms with Gasteiger partial charge in [-0.2, -0.15) is 13.2 Å². The minimum Gasteiger partial charge on any atom is -0.366 e. The fourth-order valence-corrected chi connectivity index (χ4v) is 3.69. The second-order valence-electron chi connectivity index (χ2n) is 7.09. The van der Waals surface area contributed by atoms with Gasteiger partial charge >= 0.3 is 12.2 Å². The highest BCUT2D eigenvalue weighted by atomic mass is 19.4. The molecule has 2 bridgehead atoms. The average Bonchev–Trinajstić information content (AvgIpc) is 2.72. The summed E-state index contributed by atoms with van der Waals surface area (Å²) in [5.41, 5.74) is 0.476. The van der Waals surface area contributed by atoms with Crippen LogP contribution in [0.5, 0.6) is 0 Å². The summed E-state index contributed by atoms with van der Waals surface area (Å²) in [6.07, 6.45) is -1.35. The second-order valence-corrected chi connectivity index (χ2v) is 7.09. The Bertz CT molecular complexity index is 953. The Hall–Kier alpha value is -3.37. The van der Waals surface area contributed by atoms with Gasteiger partial charge in [0.15, 0.2) is 5.82 Å². The second kappa shape index (κ2) is 7.81. The highest BCUT2D eigenvalue weighted by Gasteiger charge is 2.39. The fourth-order valence-electron chi connectivity index (χ4n) is 3.69. The van der Waals surface area contributed by atoms with Crippen LogP contribution in [-0.4, -0.2) is 53.8 Å². The van der Waals surface area contributed by atoms with Crippen molar-refractivity contribution < 1.29 is 22.8 Å². The summed E-state index contributed by atoms with van der Waals surface area (Å²) in [5.74, 6) is -0.341. The third kappa shape index (κ3) is 4.14. The number of halogens is 3. The highest BCUT2D eigenvalue weighted by molar-refractivity contribution is 6.04. The van der Waals surface area contributed by atoms with Crippen molar-refractivity contribution in [2.75, 3.05) is 34.8 Å². The first kappa shape index (κ1) is 19.9. The number of nitrogens with zero attached hydrogens (tertiary/aromatic N) is 4. The third-order valence-corrected chi connectivity index (χ3v) is 4.99. The van der Waals surface area contributed by atoms with E-state index in [1.807, 2.05) is 5.32 Å². The zero-order valence-electron chi connectivity index (χ0n) is 15.8. The highest BCUT2D eigenvalue weighted by Crippen LogP contribution is 2.38. The number of aromatic nitrogens is 2. The maximum atomic E-state index is 13.0. The number of pyridine rings is 2. The van der Waals surface area contributed by atoms with Gasteiger partial charge < -0.3 is 10.2 Å².